The number of unbranched alkanes of at least 4 members (excludes halogenated alkanes) is 3. The molecule has 3 atom stereocenters. The Kier molecular flexibility index (Phi) is 16.1. The summed E-state index contributed by atoms with van der Waals surface area (Å²) in [7, 11) is 0. The lowest BCUT2D eigenvalue weighted by Gasteiger charge is -2.35. The molecular formula is C26H50. The van der Waals surface area contributed by atoms with E-state index in [2.05, 4.69) is 86.4 Å². The molecule has 0 aromatic rings. The second-order valence-corrected chi connectivity index (χ2v) is 8.76. The zero-order chi connectivity index (χ0) is 20.6. The number of hydrogen-bond acceptors (Lipinski definition) is 0. The maximum Gasteiger partial charge on any atom is -0.00981 e. The average Bonchev–Trinajstić information content (AvgIpc) is 2.91. The summed E-state index contributed by atoms with van der Waals surface area (Å²) in [4.78, 5) is 0. The Morgan fingerprint density at radius 1 is 0.923 bits per heavy atom. The van der Waals surface area contributed by atoms with Gasteiger partial charge in [-0.05, 0) is 41.9 Å². The second kappa shape index (κ2) is 15.3. The van der Waals surface area contributed by atoms with Crippen LogP contribution in [-0.4, -0.2) is 0 Å². The Balaban J connectivity index is 0. The molecule has 0 heteroatoms. The molecule has 2 aliphatic rings. The van der Waals surface area contributed by atoms with Crippen LogP contribution in [-0.2, 0) is 0 Å². The van der Waals surface area contributed by atoms with E-state index < -0.39 is 0 Å². The van der Waals surface area contributed by atoms with Crippen molar-refractivity contribution in [2.45, 2.75) is 106 Å². The van der Waals surface area contributed by atoms with E-state index in [0.29, 0.717) is 10.8 Å². The molecule has 0 nitrogen and oxygen atoms in total. The molecule has 0 amide bonds. The third-order valence-corrected chi connectivity index (χ3v) is 6.43. The van der Waals surface area contributed by atoms with Crippen LogP contribution in [0.4, 0.5) is 0 Å². The maximum absolute atomic E-state index is 3.91. The van der Waals surface area contributed by atoms with Crippen LogP contribution in [0.15, 0.2) is 38.0 Å². The SMILES string of the molecule is C=C.C=CC1(C)CCCC1(C)C.CCCCC.CCCCC1C=CC1C. The second-order valence-electron chi connectivity index (χ2n) is 8.76. The van der Waals surface area contributed by atoms with Crippen molar-refractivity contribution < 1.29 is 0 Å². The quantitative estimate of drug-likeness (QED) is 0.413. The third kappa shape index (κ3) is 9.79. The normalized spacial score (nSPS) is 27.5. The van der Waals surface area contributed by atoms with Gasteiger partial charge in [0, 0.05) is 0 Å². The zero-order valence-electron chi connectivity index (χ0n) is 19.4. The van der Waals surface area contributed by atoms with Gasteiger partial charge in [-0.2, -0.15) is 0 Å². The minimum atomic E-state index is 0.396. The van der Waals surface area contributed by atoms with Crippen LogP contribution in [0.5, 0.6) is 0 Å². The first-order chi connectivity index (χ1) is 12.3. The summed E-state index contributed by atoms with van der Waals surface area (Å²) in [6.07, 6.45) is 19.1. The summed E-state index contributed by atoms with van der Waals surface area (Å²) < 4.78 is 0. The van der Waals surface area contributed by atoms with Crippen molar-refractivity contribution >= 4 is 0 Å². The van der Waals surface area contributed by atoms with E-state index in [9.17, 15) is 0 Å². The highest BCUT2D eigenvalue weighted by molar-refractivity contribution is 5.07. The van der Waals surface area contributed by atoms with E-state index in [1.165, 1.54) is 57.8 Å². The van der Waals surface area contributed by atoms with E-state index in [0.717, 1.165) is 11.8 Å². The fourth-order valence-corrected chi connectivity index (χ4v) is 3.54. The highest BCUT2D eigenvalue weighted by Gasteiger charge is 2.42. The molecule has 1 fully saturated rings. The standard InChI is InChI=1S/C10H18.C9H16.C5H12.C2H4/c1-5-10(4)8-6-7-9(10,2)3;1-3-4-5-9-7-6-8(9)2;1-3-5-4-2;1-2/h5H,1,6-8H2,2-4H3;6-9H,3-5H2,1-2H3;3-5H2,1-2H3;1-2H2. The van der Waals surface area contributed by atoms with Gasteiger partial charge in [-0.3, -0.25) is 0 Å². The van der Waals surface area contributed by atoms with Gasteiger partial charge in [-0.25, -0.2) is 0 Å². The highest BCUT2D eigenvalue weighted by Crippen LogP contribution is 2.52. The maximum atomic E-state index is 3.91. The van der Waals surface area contributed by atoms with Gasteiger partial charge in [0.1, 0.15) is 0 Å². The molecule has 3 unspecified atom stereocenters. The first kappa shape index (κ1) is 27.4. The summed E-state index contributed by atoms with van der Waals surface area (Å²) in [5, 5.41) is 0. The molecule has 0 radical (unpaired) electrons. The van der Waals surface area contributed by atoms with Gasteiger partial charge < -0.3 is 0 Å². The molecule has 26 heavy (non-hydrogen) atoms. The topological polar surface area (TPSA) is 0 Å². The van der Waals surface area contributed by atoms with E-state index >= 15 is 0 Å². The Hall–Kier alpha value is -0.780. The molecule has 0 spiro atoms. The first-order valence-corrected chi connectivity index (χ1v) is 11.1. The first-order valence-electron chi connectivity index (χ1n) is 11.1. The van der Waals surface area contributed by atoms with Crippen molar-refractivity contribution in [3.63, 3.8) is 0 Å². The van der Waals surface area contributed by atoms with Crippen LogP contribution in [0, 0.1) is 22.7 Å². The number of rotatable bonds is 6. The molecule has 0 aromatic heterocycles. The summed E-state index contributed by atoms with van der Waals surface area (Å²) in [5.74, 6) is 1.79. The van der Waals surface area contributed by atoms with Crippen LogP contribution in [0.3, 0.4) is 0 Å². The van der Waals surface area contributed by atoms with Crippen molar-refractivity contribution in [2.24, 2.45) is 22.7 Å². The summed E-state index contributed by atoms with van der Waals surface area (Å²) in [6.45, 7) is 25.9. The van der Waals surface area contributed by atoms with E-state index in [-0.39, 0.29) is 0 Å². The molecule has 0 bridgehead atoms. The molecule has 1 saturated carbocycles. The largest absolute Gasteiger partial charge is 0.106 e. The van der Waals surface area contributed by atoms with Crippen molar-refractivity contribution in [2.75, 3.05) is 0 Å². The summed E-state index contributed by atoms with van der Waals surface area (Å²) >= 11 is 0. The fourth-order valence-electron chi connectivity index (χ4n) is 3.54. The van der Waals surface area contributed by atoms with Crippen molar-refractivity contribution in [3.8, 4) is 0 Å². The molecule has 0 N–H and O–H groups in total. The van der Waals surface area contributed by atoms with Crippen molar-refractivity contribution in [3.05, 3.63) is 38.0 Å². The lowest BCUT2D eigenvalue weighted by Crippen LogP contribution is -2.26. The molecule has 154 valence electrons. The molecule has 0 saturated heterocycles. The minimum Gasteiger partial charge on any atom is -0.106 e. The molecular weight excluding hydrogens is 312 g/mol. The molecule has 2 aliphatic carbocycles. The molecule has 0 aliphatic heterocycles. The predicted octanol–water partition coefficient (Wildman–Crippen LogP) is 9.39. The third-order valence-electron chi connectivity index (χ3n) is 6.43. The molecule has 0 heterocycles. The van der Waals surface area contributed by atoms with E-state index in [4.69, 9.17) is 0 Å². The van der Waals surface area contributed by atoms with Gasteiger partial charge in [0.05, 0.1) is 0 Å². The van der Waals surface area contributed by atoms with Gasteiger partial charge in [0.25, 0.3) is 0 Å². The van der Waals surface area contributed by atoms with Crippen LogP contribution in [0.25, 0.3) is 0 Å². The lowest BCUT2D eigenvalue weighted by atomic mass is 9.70. The monoisotopic (exact) mass is 362 g/mol. The lowest BCUT2D eigenvalue weighted by molar-refractivity contribution is 0.193. The minimum absolute atomic E-state index is 0.396. The van der Waals surface area contributed by atoms with Gasteiger partial charge in [0.15, 0.2) is 0 Å². The van der Waals surface area contributed by atoms with Crippen LogP contribution >= 0.6 is 0 Å². The predicted molar refractivity (Wildman–Crippen MR) is 124 cm³/mol. The zero-order valence-corrected chi connectivity index (χ0v) is 19.4. The fraction of sp³-hybridized carbons (Fsp3) is 0.769. The van der Waals surface area contributed by atoms with Crippen LogP contribution in [0.1, 0.15) is 106 Å². The van der Waals surface area contributed by atoms with Gasteiger partial charge in [-0.15, -0.1) is 19.7 Å². The van der Waals surface area contributed by atoms with Gasteiger partial charge in [-0.1, -0.05) is 105 Å². The molecule has 0 aromatic carbocycles. The van der Waals surface area contributed by atoms with Crippen molar-refractivity contribution in [1.82, 2.24) is 0 Å². The van der Waals surface area contributed by atoms with Gasteiger partial charge >= 0.3 is 0 Å². The average molecular weight is 363 g/mol. The number of hydrogen-bond donors (Lipinski definition) is 0. The van der Waals surface area contributed by atoms with E-state index in [1.807, 2.05) is 0 Å². The van der Waals surface area contributed by atoms with Crippen LogP contribution in [0.2, 0.25) is 0 Å². The summed E-state index contributed by atoms with van der Waals surface area (Å²) in [6, 6.07) is 0. The molecule has 2 rings (SSSR count). The van der Waals surface area contributed by atoms with Crippen LogP contribution < -0.4 is 0 Å². The smallest absolute Gasteiger partial charge is 0.00981 e. The summed E-state index contributed by atoms with van der Waals surface area (Å²) in [5.41, 5.74) is 0.877. The number of allylic oxidation sites excluding steroid dienone is 3. The Morgan fingerprint density at radius 2 is 1.46 bits per heavy atom. The highest BCUT2D eigenvalue weighted by atomic mass is 14.5. The Morgan fingerprint density at radius 3 is 1.65 bits per heavy atom. The van der Waals surface area contributed by atoms with Gasteiger partial charge in [0.2, 0.25) is 0 Å². The van der Waals surface area contributed by atoms with Crippen molar-refractivity contribution in [1.29, 1.82) is 0 Å². The van der Waals surface area contributed by atoms with E-state index in [1.54, 1.807) is 0 Å². The Labute approximate surface area is 167 Å². The Bertz CT molecular complexity index is 360.